The predicted molar refractivity (Wildman–Crippen MR) is 119 cm³/mol. The molecule has 3 rings (SSSR count). The van der Waals surface area contributed by atoms with E-state index in [0.717, 1.165) is 41.2 Å². The molecule has 7 heteroatoms. The normalized spacial score (nSPS) is 11.3. The minimum atomic E-state index is 0.0822. The summed E-state index contributed by atoms with van der Waals surface area (Å²) in [6.45, 7) is 9.44. The number of methoxy groups -OCH3 is 1. The summed E-state index contributed by atoms with van der Waals surface area (Å²) < 4.78 is 13.1. The highest BCUT2D eigenvalue weighted by Gasteiger charge is 2.17. The number of benzene rings is 1. The van der Waals surface area contributed by atoms with Gasteiger partial charge in [0.2, 0.25) is 5.89 Å². The van der Waals surface area contributed by atoms with Crippen LogP contribution in [0.1, 0.15) is 53.5 Å². The second-order valence-electron chi connectivity index (χ2n) is 7.82. The van der Waals surface area contributed by atoms with Gasteiger partial charge in [-0.25, -0.2) is 0 Å². The van der Waals surface area contributed by atoms with E-state index in [-0.39, 0.29) is 11.5 Å². The van der Waals surface area contributed by atoms with Gasteiger partial charge in [0.15, 0.2) is 5.78 Å². The van der Waals surface area contributed by atoms with Crippen LogP contribution < -0.4 is 4.74 Å². The Morgan fingerprint density at radius 3 is 2.60 bits per heavy atom. The molecule has 3 aromatic rings. The van der Waals surface area contributed by atoms with Crippen LogP contribution in [0.4, 0.5) is 0 Å². The van der Waals surface area contributed by atoms with Crippen LogP contribution in [0.3, 0.4) is 0 Å². The van der Waals surface area contributed by atoms with E-state index in [0.29, 0.717) is 23.5 Å². The maximum absolute atomic E-state index is 12.8. The molecule has 0 bridgehead atoms. The topological polar surface area (TPSA) is 70.2 Å². The van der Waals surface area contributed by atoms with E-state index in [1.54, 1.807) is 7.11 Å². The smallest absolute Gasteiger partial charge is 0.277 e. The molecule has 0 atom stereocenters. The molecular weight excluding hydrogens is 398 g/mol. The Labute approximate surface area is 182 Å². The van der Waals surface area contributed by atoms with Crippen LogP contribution in [-0.2, 0) is 13.0 Å². The van der Waals surface area contributed by atoms with E-state index in [2.05, 4.69) is 35.5 Å². The first-order valence-corrected chi connectivity index (χ1v) is 11.1. The average Bonchev–Trinajstić information content (AvgIpc) is 3.29. The third-order valence-corrected chi connectivity index (χ3v) is 5.91. The van der Waals surface area contributed by atoms with Gasteiger partial charge < -0.3 is 13.7 Å². The zero-order valence-corrected chi connectivity index (χ0v) is 19.1. The number of aryl methyl sites for hydroxylation is 1. The quantitative estimate of drug-likeness (QED) is 0.331. The fourth-order valence-electron chi connectivity index (χ4n) is 3.31. The van der Waals surface area contributed by atoms with Crippen LogP contribution in [-0.4, -0.2) is 33.4 Å². The number of carbonyl (C=O) groups is 1. The van der Waals surface area contributed by atoms with Gasteiger partial charge in [-0.3, -0.25) is 4.79 Å². The number of ketones is 1. The molecule has 0 aliphatic carbocycles. The number of aromatic nitrogens is 3. The summed E-state index contributed by atoms with van der Waals surface area (Å²) in [5.74, 6) is 2.33. The van der Waals surface area contributed by atoms with E-state index >= 15 is 0 Å². The highest BCUT2D eigenvalue weighted by molar-refractivity contribution is 7.99. The monoisotopic (exact) mass is 427 g/mol. The van der Waals surface area contributed by atoms with Crippen molar-refractivity contribution in [3.05, 3.63) is 58.7 Å². The van der Waals surface area contributed by atoms with Crippen molar-refractivity contribution in [1.29, 1.82) is 0 Å². The maximum Gasteiger partial charge on any atom is 0.277 e. The van der Waals surface area contributed by atoms with Gasteiger partial charge in [-0.15, -0.1) is 10.2 Å². The third-order valence-electron chi connectivity index (χ3n) is 5.09. The molecule has 0 N–H and O–H groups in total. The van der Waals surface area contributed by atoms with Crippen molar-refractivity contribution < 1.29 is 13.9 Å². The highest BCUT2D eigenvalue weighted by atomic mass is 32.2. The average molecular weight is 428 g/mol. The van der Waals surface area contributed by atoms with Crippen molar-refractivity contribution in [3.63, 3.8) is 0 Å². The van der Waals surface area contributed by atoms with Crippen LogP contribution >= 0.6 is 11.8 Å². The lowest BCUT2D eigenvalue weighted by Crippen LogP contribution is -2.08. The lowest BCUT2D eigenvalue weighted by molar-refractivity contribution is 0.102. The van der Waals surface area contributed by atoms with E-state index in [9.17, 15) is 4.79 Å². The minimum absolute atomic E-state index is 0.0822. The summed E-state index contributed by atoms with van der Waals surface area (Å²) in [6.07, 6.45) is 1.64. The third kappa shape index (κ3) is 5.53. The molecule has 0 unspecified atom stereocenters. The van der Waals surface area contributed by atoms with Gasteiger partial charge in [-0.2, -0.15) is 0 Å². The van der Waals surface area contributed by atoms with Gasteiger partial charge >= 0.3 is 0 Å². The number of nitrogens with zero attached hydrogens (tertiary/aromatic N) is 3. The molecule has 0 saturated carbocycles. The van der Waals surface area contributed by atoms with Crippen molar-refractivity contribution in [1.82, 2.24) is 14.8 Å². The molecular formula is C23H29N3O3S. The number of rotatable bonds is 10. The Kier molecular flexibility index (Phi) is 7.37. The van der Waals surface area contributed by atoms with Gasteiger partial charge in [0, 0.05) is 23.5 Å². The first-order chi connectivity index (χ1) is 14.4. The number of carbonyl (C=O) groups excluding carboxylic acids is 1. The van der Waals surface area contributed by atoms with Crippen LogP contribution in [0.15, 0.2) is 40.0 Å². The number of thioether (sulfide) groups is 1. The minimum Gasteiger partial charge on any atom is -0.497 e. The first-order valence-electron chi connectivity index (χ1n) is 10.2. The second-order valence-corrected chi connectivity index (χ2v) is 8.74. The number of Topliss-reactive ketones (excluding diaryl/α,β-unsaturated/α-hetero) is 1. The number of hydrogen-bond acceptors (Lipinski definition) is 6. The Bertz CT molecular complexity index is 990. The van der Waals surface area contributed by atoms with Crippen molar-refractivity contribution in [3.8, 4) is 5.75 Å². The Balaban J connectivity index is 1.58. The summed E-state index contributed by atoms with van der Waals surface area (Å²) in [7, 11) is 1.64. The number of hydrogen-bond donors (Lipinski definition) is 0. The van der Waals surface area contributed by atoms with Crippen molar-refractivity contribution >= 4 is 17.5 Å². The Morgan fingerprint density at radius 1 is 1.20 bits per heavy atom. The van der Waals surface area contributed by atoms with E-state index in [1.807, 2.05) is 37.3 Å². The molecule has 2 aromatic heterocycles. The van der Waals surface area contributed by atoms with Crippen molar-refractivity contribution in [2.24, 2.45) is 5.92 Å². The first kappa shape index (κ1) is 22.2. The molecule has 0 aliphatic heterocycles. The summed E-state index contributed by atoms with van der Waals surface area (Å²) in [4.78, 5) is 12.8. The molecule has 2 heterocycles. The molecule has 160 valence electrons. The summed E-state index contributed by atoms with van der Waals surface area (Å²) >= 11 is 1.28. The zero-order valence-electron chi connectivity index (χ0n) is 18.3. The predicted octanol–water partition coefficient (Wildman–Crippen LogP) is 5.11. The van der Waals surface area contributed by atoms with Gasteiger partial charge in [-0.1, -0.05) is 37.7 Å². The van der Waals surface area contributed by atoms with Crippen molar-refractivity contribution in [2.75, 3.05) is 12.9 Å². The largest absolute Gasteiger partial charge is 0.497 e. The number of ether oxygens (including phenoxy) is 1. The molecule has 6 nitrogen and oxygen atoms in total. The van der Waals surface area contributed by atoms with Crippen LogP contribution in [0.5, 0.6) is 5.75 Å². The fraction of sp³-hybridized carbons (Fsp3) is 0.435. The standard InChI is InChI=1S/C23H29N3O3S/c1-15(2)10-11-26-16(3)12-20(17(26)4)21(27)14-30-23-25-24-22(29-23)13-18-6-8-19(28-5)9-7-18/h6-9,12,15H,10-11,13-14H2,1-5H3. The zero-order chi connectivity index (χ0) is 21.7. The van der Waals surface area contributed by atoms with Crippen molar-refractivity contribution in [2.45, 2.75) is 52.3 Å². The van der Waals surface area contributed by atoms with Crippen LogP contribution in [0.25, 0.3) is 0 Å². The van der Waals surface area contributed by atoms with Crippen LogP contribution in [0.2, 0.25) is 0 Å². The molecule has 0 spiro atoms. The molecule has 1 aromatic carbocycles. The van der Waals surface area contributed by atoms with Gasteiger partial charge in [0.1, 0.15) is 5.75 Å². The summed E-state index contributed by atoms with van der Waals surface area (Å²) in [6, 6.07) is 9.72. The molecule has 0 radical (unpaired) electrons. The molecule has 0 fully saturated rings. The van der Waals surface area contributed by atoms with Gasteiger partial charge in [-0.05, 0) is 49.9 Å². The van der Waals surface area contributed by atoms with Gasteiger partial charge in [0.05, 0.1) is 19.3 Å². The van der Waals surface area contributed by atoms with E-state index < -0.39 is 0 Å². The SMILES string of the molecule is COc1ccc(Cc2nnc(SCC(=O)c3cc(C)n(CCC(C)C)c3C)o2)cc1. The van der Waals surface area contributed by atoms with Crippen LogP contribution in [0, 0.1) is 19.8 Å². The Morgan fingerprint density at radius 2 is 1.93 bits per heavy atom. The summed E-state index contributed by atoms with van der Waals surface area (Å²) in [5, 5.41) is 8.58. The fourth-order valence-corrected chi connectivity index (χ4v) is 3.97. The molecule has 0 amide bonds. The lowest BCUT2D eigenvalue weighted by Gasteiger charge is -2.11. The highest BCUT2D eigenvalue weighted by Crippen LogP contribution is 2.23. The van der Waals surface area contributed by atoms with E-state index in [4.69, 9.17) is 9.15 Å². The molecule has 0 saturated heterocycles. The van der Waals surface area contributed by atoms with Gasteiger partial charge in [0.25, 0.3) is 5.22 Å². The molecule has 0 aliphatic rings. The second kappa shape index (κ2) is 9.98. The van der Waals surface area contributed by atoms with E-state index in [1.165, 1.54) is 11.8 Å². The summed E-state index contributed by atoms with van der Waals surface area (Å²) in [5.41, 5.74) is 3.99. The Hall–Kier alpha value is -2.54. The lowest BCUT2D eigenvalue weighted by atomic mass is 10.1. The maximum atomic E-state index is 12.8. The molecule has 30 heavy (non-hydrogen) atoms.